The highest BCUT2D eigenvalue weighted by atomic mass is 16.5. The quantitative estimate of drug-likeness (QED) is 0.777. The van der Waals surface area contributed by atoms with Crippen molar-refractivity contribution in [3.05, 3.63) is 65.2 Å². The van der Waals surface area contributed by atoms with Gasteiger partial charge in [0, 0.05) is 19.2 Å². The third kappa shape index (κ3) is 5.60. The van der Waals surface area contributed by atoms with Crippen LogP contribution in [-0.4, -0.2) is 37.5 Å². The van der Waals surface area contributed by atoms with E-state index in [-0.39, 0.29) is 12.5 Å². The monoisotopic (exact) mass is 368 g/mol. The van der Waals surface area contributed by atoms with Crippen molar-refractivity contribution >= 4 is 17.9 Å². The summed E-state index contributed by atoms with van der Waals surface area (Å²) in [6.45, 7) is 2.16. The van der Waals surface area contributed by atoms with Crippen LogP contribution in [0.1, 0.15) is 28.4 Å². The topological polar surface area (TPSA) is 81.9 Å². The van der Waals surface area contributed by atoms with Gasteiger partial charge in [0.25, 0.3) is 5.91 Å². The summed E-state index contributed by atoms with van der Waals surface area (Å²) in [5, 5.41) is 0. The van der Waals surface area contributed by atoms with Gasteiger partial charge in [0.2, 0.25) is 5.91 Å². The minimum atomic E-state index is -0.498. The third-order valence-corrected chi connectivity index (χ3v) is 3.95. The summed E-state index contributed by atoms with van der Waals surface area (Å²) in [5.74, 6) is 0.375. The van der Waals surface area contributed by atoms with E-state index in [9.17, 15) is 9.59 Å². The Bertz CT molecular complexity index is 846. The van der Waals surface area contributed by atoms with Gasteiger partial charge in [-0.15, -0.1) is 0 Å². The number of hydrogen-bond acceptors (Lipinski definition) is 4. The fraction of sp³-hybridized carbons (Fsp3) is 0.238. The molecule has 0 unspecified atom stereocenters. The minimum absolute atomic E-state index is 0.120. The van der Waals surface area contributed by atoms with Crippen LogP contribution in [0.3, 0.4) is 0 Å². The number of primary amides is 1. The Kier molecular flexibility index (Phi) is 7.00. The average Bonchev–Trinajstić information content (AvgIpc) is 2.66. The summed E-state index contributed by atoms with van der Waals surface area (Å²) in [4.78, 5) is 25.2. The van der Waals surface area contributed by atoms with Crippen LogP contribution >= 0.6 is 0 Å². The van der Waals surface area contributed by atoms with Gasteiger partial charge in [-0.05, 0) is 42.3 Å². The molecule has 0 bridgehead atoms. The smallest absolute Gasteiger partial charge is 0.260 e. The summed E-state index contributed by atoms with van der Waals surface area (Å²) >= 11 is 0. The SMILES string of the molecule is C/C=C/c1ccc(OCC(=O)N(C)Cc2cccc(C(N)=O)c2)c(OC)c1. The van der Waals surface area contributed by atoms with Gasteiger partial charge in [0.15, 0.2) is 18.1 Å². The number of amides is 2. The Morgan fingerprint density at radius 2 is 1.93 bits per heavy atom. The molecule has 0 aliphatic carbocycles. The lowest BCUT2D eigenvalue weighted by atomic mass is 10.1. The Morgan fingerprint density at radius 1 is 1.15 bits per heavy atom. The second-order valence-corrected chi connectivity index (χ2v) is 6.01. The number of methoxy groups -OCH3 is 1. The lowest BCUT2D eigenvalue weighted by molar-refractivity contribution is -0.132. The zero-order valence-electron chi connectivity index (χ0n) is 15.8. The van der Waals surface area contributed by atoms with E-state index in [2.05, 4.69) is 0 Å². The van der Waals surface area contributed by atoms with Crippen LogP contribution in [0.25, 0.3) is 6.08 Å². The third-order valence-electron chi connectivity index (χ3n) is 3.95. The molecule has 6 heteroatoms. The van der Waals surface area contributed by atoms with E-state index < -0.39 is 5.91 Å². The first-order chi connectivity index (χ1) is 12.9. The molecular formula is C21H24N2O4. The summed E-state index contributed by atoms with van der Waals surface area (Å²) in [5.41, 5.74) is 7.50. The van der Waals surface area contributed by atoms with Gasteiger partial charge in [-0.1, -0.05) is 30.4 Å². The summed E-state index contributed by atoms with van der Waals surface area (Å²) < 4.78 is 11.0. The highest BCUT2D eigenvalue weighted by Crippen LogP contribution is 2.28. The van der Waals surface area contributed by atoms with Crippen LogP contribution in [-0.2, 0) is 11.3 Å². The number of rotatable bonds is 8. The van der Waals surface area contributed by atoms with Gasteiger partial charge in [-0.2, -0.15) is 0 Å². The molecule has 2 N–H and O–H groups in total. The van der Waals surface area contributed by atoms with Gasteiger partial charge in [-0.3, -0.25) is 9.59 Å². The number of nitrogens with zero attached hydrogens (tertiary/aromatic N) is 1. The van der Waals surface area contributed by atoms with Crippen molar-refractivity contribution in [1.82, 2.24) is 4.90 Å². The molecule has 2 aromatic rings. The molecule has 6 nitrogen and oxygen atoms in total. The molecule has 27 heavy (non-hydrogen) atoms. The molecule has 142 valence electrons. The molecule has 0 atom stereocenters. The molecule has 0 aliphatic heterocycles. The number of allylic oxidation sites excluding steroid dienone is 1. The molecule has 0 saturated carbocycles. The molecule has 0 aromatic heterocycles. The largest absolute Gasteiger partial charge is 0.493 e. The van der Waals surface area contributed by atoms with Crippen LogP contribution in [0.15, 0.2) is 48.5 Å². The van der Waals surface area contributed by atoms with Gasteiger partial charge in [-0.25, -0.2) is 0 Å². The van der Waals surface area contributed by atoms with Crippen molar-refractivity contribution in [2.75, 3.05) is 20.8 Å². The second kappa shape index (κ2) is 9.43. The normalized spacial score (nSPS) is 10.6. The van der Waals surface area contributed by atoms with Gasteiger partial charge >= 0.3 is 0 Å². The van der Waals surface area contributed by atoms with E-state index in [4.69, 9.17) is 15.2 Å². The lowest BCUT2D eigenvalue weighted by Gasteiger charge is -2.18. The first-order valence-electron chi connectivity index (χ1n) is 8.51. The van der Waals surface area contributed by atoms with E-state index in [0.29, 0.717) is 23.6 Å². The predicted molar refractivity (Wildman–Crippen MR) is 105 cm³/mol. The Balaban J connectivity index is 1.99. The molecule has 2 aromatic carbocycles. The van der Waals surface area contributed by atoms with Crippen molar-refractivity contribution in [3.8, 4) is 11.5 Å². The Hall–Kier alpha value is -3.28. The van der Waals surface area contributed by atoms with Crippen LogP contribution < -0.4 is 15.2 Å². The van der Waals surface area contributed by atoms with E-state index in [1.165, 1.54) is 4.90 Å². The van der Waals surface area contributed by atoms with Crippen molar-refractivity contribution in [1.29, 1.82) is 0 Å². The number of hydrogen-bond donors (Lipinski definition) is 1. The molecule has 0 spiro atoms. The molecule has 0 heterocycles. The van der Waals surface area contributed by atoms with E-state index >= 15 is 0 Å². The van der Waals surface area contributed by atoms with Crippen LogP contribution in [0.5, 0.6) is 11.5 Å². The summed E-state index contributed by atoms with van der Waals surface area (Å²) in [6.07, 6.45) is 3.88. The van der Waals surface area contributed by atoms with Crippen LogP contribution in [0.4, 0.5) is 0 Å². The Labute approximate surface area is 159 Å². The van der Waals surface area contributed by atoms with Crippen LogP contribution in [0.2, 0.25) is 0 Å². The van der Waals surface area contributed by atoms with E-state index in [0.717, 1.165) is 11.1 Å². The van der Waals surface area contributed by atoms with Gasteiger partial charge in [0.1, 0.15) is 0 Å². The molecule has 2 rings (SSSR count). The van der Waals surface area contributed by atoms with E-state index in [1.807, 2.05) is 37.3 Å². The maximum atomic E-state index is 12.4. The zero-order valence-corrected chi connectivity index (χ0v) is 15.8. The number of nitrogens with two attached hydrogens (primary N) is 1. The Morgan fingerprint density at radius 3 is 2.59 bits per heavy atom. The van der Waals surface area contributed by atoms with Gasteiger partial charge in [0.05, 0.1) is 7.11 Å². The number of carbonyl (C=O) groups excluding carboxylic acids is 2. The maximum Gasteiger partial charge on any atom is 0.260 e. The van der Waals surface area contributed by atoms with E-state index in [1.54, 1.807) is 38.4 Å². The lowest BCUT2D eigenvalue weighted by Crippen LogP contribution is -2.31. The highest BCUT2D eigenvalue weighted by molar-refractivity contribution is 5.92. The molecule has 2 amide bonds. The number of likely N-dealkylation sites (N-methyl/N-ethyl adjacent to an activating group) is 1. The maximum absolute atomic E-state index is 12.4. The average molecular weight is 368 g/mol. The van der Waals surface area contributed by atoms with Crippen molar-refractivity contribution in [2.24, 2.45) is 5.73 Å². The van der Waals surface area contributed by atoms with Crippen molar-refractivity contribution < 1.29 is 19.1 Å². The zero-order chi connectivity index (χ0) is 19.8. The number of benzene rings is 2. The van der Waals surface area contributed by atoms with Crippen molar-refractivity contribution in [2.45, 2.75) is 13.5 Å². The molecule has 0 fully saturated rings. The summed E-state index contributed by atoms with van der Waals surface area (Å²) in [7, 11) is 3.23. The first-order valence-corrected chi connectivity index (χ1v) is 8.51. The predicted octanol–water partition coefficient (Wildman–Crippen LogP) is 2.86. The molecular weight excluding hydrogens is 344 g/mol. The summed E-state index contributed by atoms with van der Waals surface area (Å²) in [6, 6.07) is 12.4. The fourth-order valence-corrected chi connectivity index (χ4v) is 2.53. The number of ether oxygens (including phenoxy) is 2. The van der Waals surface area contributed by atoms with Crippen molar-refractivity contribution in [3.63, 3.8) is 0 Å². The second-order valence-electron chi connectivity index (χ2n) is 6.01. The number of carbonyl (C=O) groups is 2. The fourth-order valence-electron chi connectivity index (χ4n) is 2.53. The highest BCUT2D eigenvalue weighted by Gasteiger charge is 2.13. The molecule has 0 radical (unpaired) electrons. The van der Waals surface area contributed by atoms with Crippen LogP contribution in [0, 0.1) is 0 Å². The standard InChI is InChI=1S/C21H24N2O4/c1-4-6-15-9-10-18(19(12-15)26-3)27-14-20(24)23(2)13-16-7-5-8-17(11-16)21(22)25/h4-12H,13-14H2,1-3H3,(H2,22,25)/b6-4+. The first kappa shape index (κ1) is 20.0. The van der Waals surface area contributed by atoms with Gasteiger partial charge < -0.3 is 20.1 Å². The minimum Gasteiger partial charge on any atom is -0.493 e. The molecule has 0 saturated heterocycles. The molecule has 0 aliphatic rings.